The van der Waals surface area contributed by atoms with Gasteiger partial charge >= 0.3 is 0 Å². The number of aromatic nitrogens is 3. The number of nitrogens with zero attached hydrogens (tertiary/aromatic N) is 4. The van der Waals surface area contributed by atoms with E-state index in [1.807, 2.05) is 4.68 Å². The minimum atomic E-state index is 0. The lowest BCUT2D eigenvalue weighted by molar-refractivity contribution is 0.163. The van der Waals surface area contributed by atoms with Crippen molar-refractivity contribution in [3.05, 3.63) is 12.7 Å². The fraction of sp³-hybridized carbons (Fsp3) is 0.800. The van der Waals surface area contributed by atoms with Gasteiger partial charge in [0, 0.05) is 26.2 Å². The smallest absolute Gasteiger partial charge is 0.137 e. The molecule has 0 saturated carbocycles. The van der Waals surface area contributed by atoms with E-state index in [0.29, 0.717) is 5.92 Å². The van der Waals surface area contributed by atoms with Crippen LogP contribution in [0.15, 0.2) is 12.7 Å². The third-order valence-corrected chi connectivity index (χ3v) is 2.96. The standard InChI is InChI=1S/C10H19N5.2ClH/c11-3-5-14-4-1-2-10(6-14)7-15-9-12-8-13-15;;/h8-10H,1-7,11H2;2*1H. The summed E-state index contributed by atoms with van der Waals surface area (Å²) in [7, 11) is 0. The molecule has 1 aliphatic rings. The first-order chi connectivity index (χ1) is 7.38. The average Bonchev–Trinajstić information content (AvgIpc) is 2.71. The quantitative estimate of drug-likeness (QED) is 0.887. The Morgan fingerprint density at radius 1 is 1.35 bits per heavy atom. The molecule has 2 heterocycles. The van der Waals surface area contributed by atoms with E-state index >= 15 is 0 Å². The zero-order chi connectivity index (χ0) is 10.5. The van der Waals surface area contributed by atoms with Gasteiger partial charge in [-0.3, -0.25) is 4.68 Å². The molecule has 0 aromatic carbocycles. The van der Waals surface area contributed by atoms with Crippen molar-refractivity contribution in [1.82, 2.24) is 19.7 Å². The molecule has 5 nitrogen and oxygen atoms in total. The molecule has 2 rings (SSSR count). The lowest BCUT2D eigenvalue weighted by Gasteiger charge is -2.32. The van der Waals surface area contributed by atoms with Crippen LogP contribution < -0.4 is 5.73 Å². The van der Waals surface area contributed by atoms with Gasteiger partial charge in [-0.1, -0.05) is 0 Å². The van der Waals surface area contributed by atoms with Crippen LogP contribution in [-0.4, -0.2) is 45.8 Å². The van der Waals surface area contributed by atoms with Crippen LogP contribution in [0.1, 0.15) is 12.8 Å². The van der Waals surface area contributed by atoms with Gasteiger partial charge in [0.25, 0.3) is 0 Å². The summed E-state index contributed by atoms with van der Waals surface area (Å²) in [5.41, 5.74) is 5.57. The summed E-state index contributed by atoms with van der Waals surface area (Å²) in [5, 5.41) is 4.14. The normalized spacial score (nSPS) is 20.4. The van der Waals surface area contributed by atoms with E-state index in [2.05, 4.69) is 15.0 Å². The Morgan fingerprint density at radius 2 is 2.18 bits per heavy atom. The third-order valence-electron chi connectivity index (χ3n) is 2.96. The summed E-state index contributed by atoms with van der Waals surface area (Å²) in [6.07, 6.45) is 5.96. The number of nitrogens with two attached hydrogens (primary N) is 1. The van der Waals surface area contributed by atoms with Crippen molar-refractivity contribution in [2.45, 2.75) is 19.4 Å². The Hall–Kier alpha value is -0.360. The summed E-state index contributed by atoms with van der Waals surface area (Å²) in [6, 6.07) is 0. The van der Waals surface area contributed by atoms with Crippen molar-refractivity contribution in [2.24, 2.45) is 11.7 Å². The van der Waals surface area contributed by atoms with Gasteiger partial charge in [-0.05, 0) is 25.3 Å². The fourth-order valence-corrected chi connectivity index (χ4v) is 2.28. The molecular weight excluding hydrogens is 261 g/mol. The molecular formula is C10H21Cl2N5. The third kappa shape index (κ3) is 5.21. The Balaban J connectivity index is 0.00000128. The number of piperidine rings is 1. The zero-order valence-electron chi connectivity index (χ0n) is 9.86. The molecule has 1 saturated heterocycles. The van der Waals surface area contributed by atoms with Gasteiger partial charge < -0.3 is 10.6 Å². The van der Waals surface area contributed by atoms with Gasteiger partial charge in [-0.15, -0.1) is 24.8 Å². The maximum atomic E-state index is 5.57. The van der Waals surface area contributed by atoms with Crippen LogP contribution in [0.2, 0.25) is 0 Å². The van der Waals surface area contributed by atoms with E-state index in [0.717, 1.165) is 26.2 Å². The second kappa shape index (κ2) is 8.69. The van der Waals surface area contributed by atoms with E-state index in [4.69, 9.17) is 5.73 Å². The predicted octanol–water partition coefficient (Wildman–Crippen LogP) is 0.792. The van der Waals surface area contributed by atoms with Gasteiger partial charge in [0.05, 0.1) is 0 Å². The highest BCUT2D eigenvalue weighted by Crippen LogP contribution is 2.17. The summed E-state index contributed by atoms with van der Waals surface area (Å²) < 4.78 is 1.93. The van der Waals surface area contributed by atoms with Gasteiger partial charge in [0.1, 0.15) is 12.7 Å². The molecule has 1 aromatic heterocycles. The fourth-order valence-electron chi connectivity index (χ4n) is 2.28. The lowest BCUT2D eigenvalue weighted by Crippen LogP contribution is -2.39. The predicted molar refractivity (Wildman–Crippen MR) is 72.7 cm³/mol. The van der Waals surface area contributed by atoms with Crippen molar-refractivity contribution < 1.29 is 0 Å². The maximum Gasteiger partial charge on any atom is 0.137 e. The van der Waals surface area contributed by atoms with Crippen molar-refractivity contribution in [1.29, 1.82) is 0 Å². The molecule has 1 aliphatic heterocycles. The van der Waals surface area contributed by atoms with Crippen LogP contribution in [0.5, 0.6) is 0 Å². The molecule has 0 radical (unpaired) electrons. The van der Waals surface area contributed by atoms with E-state index < -0.39 is 0 Å². The van der Waals surface area contributed by atoms with E-state index in [1.165, 1.54) is 19.4 Å². The first kappa shape index (κ1) is 16.6. The Bertz CT molecular complexity index is 278. The van der Waals surface area contributed by atoms with E-state index in [9.17, 15) is 0 Å². The number of rotatable bonds is 4. The SMILES string of the molecule is Cl.Cl.NCCN1CCCC(Cn2cncn2)C1. The van der Waals surface area contributed by atoms with Crippen LogP contribution >= 0.6 is 24.8 Å². The van der Waals surface area contributed by atoms with Gasteiger partial charge in [-0.25, -0.2) is 4.98 Å². The molecule has 2 N–H and O–H groups in total. The Labute approximate surface area is 115 Å². The van der Waals surface area contributed by atoms with Crippen molar-refractivity contribution >= 4 is 24.8 Å². The van der Waals surface area contributed by atoms with E-state index in [1.54, 1.807) is 12.7 Å². The molecule has 0 aliphatic carbocycles. The monoisotopic (exact) mass is 281 g/mol. The van der Waals surface area contributed by atoms with Crippen LogP contribution in [0, 0.1) is 5.92 Å². The van der Waals surface area contributed by atoms with Crippen LogP contribution in [0.4, 0.5) is 0 Å². The second-order valence-corrected chi connectivity index (χ2v) is 4.22. The molecule has 1 atom stereocenters. The van der Waals surface area contributed by atoms with Crippen LogP contribution in [0.25, 0.3) is 0 Å². The molecule has 1 unspecified atom stereocenters. The number of hydrogen-bond acceptors (Lipinski definition) is 4. The zero-order valence-corrected chi connectivity index (χ0v) is 11.5. The van der Waals surface area contributed by atoms with E-state index in [-0.39, 0.29) is 24.8 Å². The molecule has 0 amide bonds. The minimum absolute atomic E-state index is 0. The topological polar surface area (TPSA) is 60.0 Å². The molecule has 0 bridgehead atoms. The highest BCUT2D eigenvalue weighted by Gasteiger charge is 2.19. The second-order valence-electron chi connectivity index (χ2n) is 4.22. The van der Waals surface area contributed by atoms with Gasteiger partial charge in [0.15, 0.2) is 0 Å². The molecule has 7 heteroatoms. The maximum absolute atomic E-state index is 5.57. The molecule has 1 fully saturated rings. The van der Waals surface area contributed by atoms with Gasteiger partial charge in [-0.2, -0.15) is 5.10 Å². The molecule has 17 heavy (non-hydrogen) atoms. The minimum Gasteiger partial charge on any atom is -0.329 e. The average molecular weight is 282 g/mol. The molecule has 1 aromatic rings. The summed E-state index contributed by atoms with van der Waals surface area (Å²) >= 11 is 0. The molecule has 0 spiro atoms. The van der Waals surface area contributed by atoms with Crippen molar-refractivity contribution in [3.8, 4) is 0 Å². The summed E-state index contributed by atoms with van der Waals surface area (Å²) in [4.78, 5) is 6.41. The number of hydrogen-bond donors (Lipinski definition) is 1. The lowest BCUT2D eigenvalue weighted by atomic mass is 9.98. The van der Waals surface area contributed by atoms with Crippen LogP contribution in [-0.2, 0) is 6.54 Å². The highest BCUT2D eigenvalue weighted by molar-refractivity contribution is 5.85. The van der Waals surface area contributed by atoms with Crippen molar-refractivity contribution in [3.63, 3.8) is 0 Å². The summed E-state index contributed by atoms with van der Waals surface area (Å²) in [6.45, 7) is 5.12. The summed E-state index contributed by atoms with van der Waals surface area (Å²) in [5.74, 6) is 0.701. The highest BCUT2D eigenvalue weighted by atomic mass is 35.5. The van der Waals surface area contributed by atoms with Gasteiger partial charge in [0.2, 0.25) is 0 Å². The first-order valence-corrected chi connectivity index (χ1v) is 5.63. The Kier molecular flexibility index (Phi) is 8.51. The van der Waals surface area contributed by atoms with Crippen molar-refractivity contribution in [2.75, 3.05) is 26.2 Å². The number of likely N-dealkylation sites (tertiary alicyclic amines) is 1. The molecule has 100 valence electrons. The largest absolute Gasteiger partial charge is 0.329 e. The number of halogens is 2. The van der Waals surface area contributed by atoms with Crippen LogP contribution in [0.3, 0.4) is 0 Å². The first-order valence-electron chi connectivity index (χ1n) is 5.63. The Morgan fingerprint density at radius 3 is 2.82 bits per heavy atom.